The smallest absolute Gasteiger partial charge is 0.323 e. The van der Waals surface area contributed by atoms with Gasteiger partial charge in [-0.2, -0.15) is 4.68 Å². The first kappa shape index (κ1) is 28.2. The van der Waals surface area contributed by atoms with E-state index >= 15 is 0 Å². The summed E-state index contributed by atoms with van der Waals surface area (Å²) in [4.78, 5) is 25.2. The summed E-state index contributed by atoms with van der Waals surface area (Å²) in [5.41, 5.74) is 3.00. The number of hydrogen-bond donors (Lipinski definition) is 3. The van der Waals surface area contributed by atoms with Crippen LogP contribution in [0.4, 0.5) is 15.8 Å². The largest absolute Gasteiger partial charge is 0.480 e. The third-order valence-corrected chi connectivity index (χ3v) is 6.19. The average molecular weight is 564 g/mol. The first-order valence-corrected chi connectivity index (χ1v) is 12.7. The van der Waals surface area contributed by atoms with Gasteiger partial charge < -0.3 is 20.6 Å². The van der Waals surface area contributed by atoms with Crippen molar-refractivity contribution in [2.75, 3.05) is 30.4 Å². The predicted octanol–water partition coefficient (Wildman–Crippen LogP) is 3.83. The van der Waals surface area contributed by atoms with Crippen LogP contribution < -0.4 is 15.5 Å². The lowest BCUT2D eigenvalue weighted by atomic mass is 10.1. The number of carboxylic acids is 1. The number of aromatic nitrogens is 4. The number of aliphatic carboxylic acids is 1. The van der Waals surface area contributed by atoms with Crippen LogP contribution in [0.25, 0.3) is 11.8 Å². The van der Waals surface area contributed by atoms with Crippen molar-refractivity contribution >= 4 is 40.9 Å². The van der Waals surface area contributed by atoms with Gasteiger partial charge in [0.2, 0.25) is 5.91 Å². The molecule has 4 aromatic rings. The van der Waals surface area contributed by atoms with Crippen LogP contribution in [0.2, 0.25) is 5.02 Å². The quantitative estimate of drug-likeness (QED) is 0.222. The molecule has 0 unspecified atom stereocenters. The fraction of sp³-hybridized carbons (Fsp3) is 0.179. The van der Waals surface area contributed by atoms with Gasteiger partial charge in [0, 0.05) is 35.9 Å². The van der Waals surface area contributed by atoms with Crippen molar-refractivity contribution in [1.29, 1.82) is 0 Å². The Balaban J connectivity index is 1.46. The third kappa shape index (κ3) is 7.87. The van der Waals surface area contributed by atoms with Crippen molar-refractivity contribution in [1.82, 2.24) is 25.5 Å². The number of anilines is 2. The second-order valence-corrected chi connectivity index (χ2v) is 9.42. The van der Waals surface area contributed by atoms with Gasteiger partial charge in [0.1, 0.15) is 18.7 Å². The summed E-state index contributed by atoms with van der Waals surface area (Å²) in [7, 11) is 1.51. The summed E-state index contributed by atoms with van der Waals surface area (Å²) in [6.07, 6.45) is 5.02. The van der Waals surface area contributed by atoms with E-state index < -0.39 is 11.8 Å². The Hall–Kier alpha value is -4.77. The van der Waals surface area contributed by atoms with Gasteiger partial charge in [-0.05, 0) is 64.9 Å². The number of likely N-dealkylation sites (N-methyl/N-ethyl adjacent to an activating group) is 1. The lowest BCUT2D eigenvalue weighted by molar-refractivity contribution is -0.135. The molecule has 3 N–H and O–H groups in total. The van der Waals surface area contributed by atoms with Crippen LogP contribution in [-0.2, 0) is 16.0 Å². The van der Waals surface area contributed by atoms with Gasteiger partial charge in [-0.15, -0.1) is 5.10 Å². The van der Waals surface area contributed by atoms with E-state index in [4.69, 9.17) is 16.7 Å². The molecule has 4 rings (SSSR count). The van der Waals surface area contributed by atoms with Gasteiger partial charge in [0.15, 0.2) is 0 Å². The molecule has 0 aliphatic rings. The van der Waals surface area contributed by atoms with Crippen LogP contribution >= 0.6 is 11.6 Å². The molecule has 206 valence electrons. The normalized spacial score (nSPS) is 11.8. The second kappa shape index (κ2) is 13.3. The van der Waals surface area contributed by atoms with E-state index in [1.807, 2.05) is 30.3 Å². The molecule has 0 radical (unpaired) electrons. The highest BCUT2D eigenvalue weighted by molar-refractivity contribution is 6.30. The molecule has 0 saturated heterocycles. The van der Waals surface area contributed by atoms with Crippen molar-refractivity contribution < 1.29 is 19.1 Å². The number of amides is 1. The van der Waals surface area contributed by atoms with Crippen LogP contribution in [0, 0.1) is 5.82 Å². The zero-order chi connectivity index (χ0) is 28.5. The highest BCUT2D eigenvalue weighted by Gasteiger charge is 2.15. The zero-order valence-corrected chi connectivity index (χ0v) is 22.3. The van der Waals surface area contributed by atoms with Crippen molar-refractivity contribution in [2.45, 2.75) is 12.5 Å². The highest BCUT2D eigenvalue weighted by atomic mass is 35.5. The molecule has 1 heterocycles. The van der Waals surface area contributed by atoms with Crippen LogP contribution in [0.5, 0.6) is 0 Å². The molecular formula is C28H27ClFN7O3. The lowest BCUT2D eigenvalue weighted by Gasteiger charge is -2.21. The Morgan fingerprint density at radius 1 is 1.15 bits per heavy atom. The summed E-state index contributed by atoms with van der Waals surface area (Å²) >= 11 is 6.17. The zero-order valence-electron chi connectivity index (χ0n) is 21.5. The SMILES string of the molecule is CN(CC(=O)O)c1ccc(NC[C@H](Cc2ccccc2)NC(=O)/C=C/c2cc(Cl)ccc2-n2cnnn2)cc1F. The van der Waals surface area contributed by atoms with Gasteiger partial charge in [-0.1, -0.05) is 41.9 Å². The maximum Gasteiger partial charge on any atom is 0.323 e. The number of halogens is 2. The second-order valence-electron chi connectivity index (χ2n) is 8.98. The van der Waals surface area contributed by atoms with E-state index in [2.05, 4.69) is 26.2 Å². The molecule has 12 heteroatoms. The number of benzene rings is 3. The summed E-state index contributed by atoms with van der Waals surface area (Å²) < 4.78 is 16.2. The van der Waals surface area contributed by atoms with Crippen LogP contribution in [0.3, 0.4) is 0 Å². The van der Waals surface area contributed by atoms with Crippen LogP contribution in [0.1, 0.15) is 11.1 Å². The van der Waals surface area contributed by atoms with Crippen molar-refractivity contribution in [3.8, 4) is 5.69 Å². The van der Waals surface area contributed by atoms with Crippen molar-refractivity contribution in [3.63, 3.8) is 0 Å². The Kier molecular flexibility index (Phi) is 9.42. The maximum absolute atomic E-state index is 14.7. The first-order chi connectivity index (χ1) is 19.3. The van der Waals surface area contributed by atoms with E-state index in [1.54, 1.807) is 30.3 Å². The molecular weight excluding hydrogens is 537 g/mol. The van der Waals surface area contributed by atoms with Crippen LogP contribution in [0.15, 0.2) is 79.1 Å². The standard InChI is InChI=1S/C28H27ClFN7O3/c1-36(17-28(39)40)26-11-9-22(15-24(26)30)31-16-23(13-19-5-3-2-4-6-19)33-27(38)12-7-20-14-21(29)8-10-25(20)37-18-32-34-35-37/h2-12,14-15,18,23,31H,13,16-17H2,1H3,(H,33,38)(H,39,40)/b12-7+/t23-/m0/s1. The highest BCUT2D eigenvalue weighted by Crippen LogP contribution is 2.22. The molecule has 0 saturated carbocycles. The van der Waals surface area contributed by atoms with Crippen LogP contribution in [-0.4, -0.2) is 63.4 Å². The fourth-order valence-corrected chi connectivity index (χ4v) is 4.26. The maximum atomic E-state index is 14.7. The molecule has 0 spiro atoms. The number of carbonyl (C=O) groups is 2. The van der Waals surface area contributed by atoms with E-state index in [-0.39, 0.29) is 24.2 Å². The molecule has 3 aromatic carbocycles. The van der Waals surface area contributed by atoms with E-state index in [1.165, 1.54) is 41.2 Å². The number of tetrazole rings is 1. The van der Waals surface area contributed by atoms with Gasteiger partial charge in [0.05, 0.1) is 17.4 Å². The van der Waals surface area contributed by atoms with E-state index in [0.29, 0.717) is 34.9 Å². The first-order valence-electron chi connectivity index (χ1n) is 12.3. The topological polar surface area (TPSA) is 125 Å². The summed E-state index contributed by atoms with van der Waals surface area (Å²) in [6.45, 7) is -0.0138. The van der Waals surface area contributed by atoms with E-state index in [9.17, 15) is 14.0 Å². The Bertz CT molecular complexity index is 1480. The number of carbonyl (C=O) groups excluding carboxylic acids is 1. The third-order valence-electron chi connectivity index (χ3n) is 5.95. The Morgan fingerprint density at radius 2 is 1.95 bits per heavy atom. The minimum absolute atomic E-state index is 0.175. The number of nitrogens with zero attached hydrogens (tertiary/aromatic N) is 5. The van der Waals surface area contributed by atoms with Gasteiger partial charge in [0.25, 0.3) is 0 Å². The van der Waals surface area contributed by atoms with Gasteiger partial charge >= 0.3 is 5.97 Å². The lowest BCUT2D eigenvalue weighted by Crippen LogP contribution is -2.40. The molecule has 0 fully saturated rings. The Morgan fingerprint density at radius 3 is 2.65 bits per heavy atom. The molecule has 0 aliphatic carbocycles. The Labute approximate surface area is 235 Å². The molecule has 0 bridgehead atoms. The minimum atomic E-state index is -1.06. The molecule has 1 atom stereocenters. The number of nitrogens with one attached hydrogen (secondary N) is 2. The number of rotatable bonds is 12. The summed E-state index contributed by atoms with van der Waals surface area (Å²) in [5.74, 6) is -1.94. The summed E-state index contributed by atoms with van der Waals surface area (Å²) in [6, 6.07) is 19.0. The fourth-order valence-electron chi connectivity index (χ4n) is 4.08. The molecule has 1 aromatic heterocycles. The molecule has 10 nitrogen and oxygen atoms in total. The molecule has 1 amide bonds. The monoisotopic (exact) mass is 563 g/mol. The van der Waals surface area contributed by atoms with E-state index in [0.717, 1.165) is 5.56 Å². The minimum Gasteiger partial charge on any atom is -0.480 e. The van der Waals surface area contributed by atoms with Crippen molar-refractivity contribution in [2.24, 2.45) is 0 Å². The van der Waals surface area contributed by atoms with Gasteiger partial charge in [-0.25, -0.2) is 4.39 Å². The molecule has 0 aliphatic heterocycles. The molecule has 40 heavy (non-hydrogen) atoms. The number of hydrogen-bond acceptors (Lipinski definition) is 7. The van der Waals surface area contributed by atoms with Crippen molar-refractivity contribution in [3.05, 3.63) is 101 Å². The predicted molar refractivity (Wildman–Crippen MR) is 151 cm³/mol. The summed E-state index contributed by atoms with van der Waals surface area (Å²) in [5, 5.41) is 26.8. The number of carboxylic acid groups (broad SMARTS) is 1. The van der Waals surface area contributed by atoms with Gasteiger partial charge in [-0.3, -0.25) is 9.59 Å². The average Bonchev–Trinajstić information content (AvgIpc) is 3.46.